The van der Waals surface area contributed by atoms with E-state index in [4.69, 9.17) is 0 Å². The van der Waals surface area contributed by atoms with E-state index in [0.29, 0.717) is 25.2 Å². The summed E-state index contributed by atoms with van der Waals surface area (Å²) in [4.78, 5) is 21.5. The van der Waals surface area contributed by atoms with Crippen molar-refractivity contribution in [3.05, 3.63) is 47.5 Å². The van der Waals surface area contributed by atoms with Crippen LogP contribution in [0.2, 0.25) is 0 Å². The van der Waals surface area contributed by atoms with Gasteiger partial charge in [-0.3, -0.25) is 9.10 Å². The van der Waals surface area contributed by atoms with Crippen LogP contribution in [0.4, 0.5) is 5.69 Å². The maximum atomic E-state index is 12.6. The van der Waals surface area contributed by atoms with Crippen LogP contribution in [0.15, 0.2) is 30.6 Å². The van der Waals surface area contributed by atoms with Crippen molar-refractivity contribution < 1.29 is 13.2 Å². The minimum absolute atomic E-state index is 0.203. The highest BCUT2D eigenvalue weighted by Gasteiger charge is 2.27. The van der Waals surface area contributed by atoms with E-state index in [2.05, 4.69) is 9.97 Å². The molecule has 0 radical (unpaired) electrons. The normalized spacial score (nSPS) is 14.3. The van der Waals surface area contributed by atoms with Crippen LogP contribution >= 0.6 is 0 Å². The van der Waals surface area contributed by atoms with Gasteiger partial charge in [-0.25, -0.2) is 13.4 Å². The van der Waals surface area contributed by atoms with Crippen LogP contribution in [0.3, 0.4) is 0 Å². The van der Waals surface area contributed by atoms with Crippen molar-refractivity contribution in [2.75, 3.05) is 23.7 Å². The maximum absolute atomic E-state index is 12.6. The molecule has 1 amide bonds. The summed E-state index contributed by atoms with van der Waals surface area (Å²) >= 11 is 0. The fraction of sp³-hybridized carbons (Fsp3) is 0.375. The zero-order chi connectivity index (χ0) is 17.3. The number of H-pyrrole nitrogens is 1. The Bertz CT molecular complexity index is 860. The fourth-order valence-electron chi connectivity index (χ4n) is 2.83. The number of hydrogen-bond donors (Lipinski definition) is 1. The summed E-state index contributed by atoms with van der Waals surface area (Å²) in [7, 11) is -3.55. The Labute approximate surface area is 141 Å². The van der Waals surface area contributed by atoms with Crippen molar-refractivity contribution >= 4 is 21.6 Å². The third-order valence-electron chi connectivity index (χ3n) is 4.10. The van der Waals surface area contributed by atoms with Crippen LogP contribution in [-0.4, -0.2) is 48.5 Å². The van der Waals surface area contributed by atoms with Gasteiger partial charge in [-0.15, -0.1) is 0 Å². The van der Waals surface area contributed by atoms with E-state index in [0.717, 1.165) is 27.5 Å². The Morgan fingerprint density at radius 2 is 2.21 bits per heavy atom. The van der Waals surface area contributed by atoms with Crippen molar-refractivity contribution in [3.63, 3.8) is 0 Å². The van der Waals surface area contributed by atoms with Crippen LogP contribution < -0.4 is 4.31 Å². The summed E-state index contributed by atoms with van der Waals surface area (Å²) in [6.45, 7) is 2.66. The lowest BCUT2D eigenvalue weighted by Crippen LogP contribution is -2.44. The summed E-state index contributed by atoms with van der Waals surface area (Å²) < 4.78 is 25.5. The molecule has 0 fully saturated rings. The van der Waals surface area contributed by atoms with Crippen molar-refractivity contribution in [3.8, 4) is 0 Å². The SMILES string of the molecule is Cc1cccc(N(CC(=O)N2CCc3nc[nH]c3C2)S(C)(=O)=O)c1. The fourth-order valence-corrected chi connectivity index (χ4v) is 3.67. The molecule has 3 rings (SSSR count). The second-order valence-electron chi connectivity index (χ2n) is 6.00. The first-order valence-corrected chi connectivity index (χ1v) is 9.52. The van der Waals surface area contributed by atoms with E-state index < -0.39 is 10.0 Å². The molecule has 1 aliphatic rings. The average molecular weight is 348 g/mol. The second kappa shape index (κ2) is 6.27. The predicted molar refractivity (Wildman–Crippen MR) is 91.1 cm³/mol. The number of nitrogens with one attached hydrogen (secondary N) is 1. The molecule has 0 atom stereocenters. The first-order valence-electron chi connectivity index (χ1n) is 7.68. The summed E-state index contributed by atoms with van der Waals surface area (Å²) in [5.41, 5.74) is 3.33. The van der Waals surface area contributed by atoms with Gasteiger partial charge in [0.2, 0.25) is 15.9 Å². The van der Waals surface area contributed by atoms with E-state index in [1.54, 1.807) is 29.4 Å². The number of rotatable bonds is 4. The number of aryl methyl sites for hydroxylation is 1. The quantitative estimate of drug-likeness (QED) is 0.895. The monoisotopic (exact) mass is 348 g/mol. The molecule has 2 heterocycles. The van der Waals surface area contributed by atoms with Gasteiger partial charge in [0.25, 0.3) is 0 Å². The highest BCUT2D eigenvalue weighted by atomic mass is 32.2. The zero-order valence-electron chi connectivity index (χ0n) is 13.7. The van der Waals surface area contributed by atoms with Crippen molar-refractivity contribution in [1.29, 1.82) is 0 Å². The molecule has 1 aromatic carbocycles. The van der Waals surface area contributed by atoms with E-state index in [1.165, 1.54) is 0 Å². The molecule has 0 spiro atoms. The molecule has 1 aromatic heterocycles. The van der Waals surface area contributed by atoms with Crippen LogP contribution in [0, 0.1) is 6.92 Å². The second-order valence-corrected chi connectivity index (χ2v) is 7.91. The lowest BCUT2D eigenvalue weighted by atomic mass is 10.1. The predicted octanol–water partition coefficient (Wildman–Crippen LogP) is 1.07. The number of sulfonamides is 1. The van der Waals surface area contributed by atoms with Gasteiger partial charge in [-0.2, -0.15) is 0 Å². The molecule has 8 heteroatoms. The molecule has 128 valence electrons. The van der Waals surface area contributed by atoms with E-state index in [-0.39, 0.29) is 12.5 Å². The Morgan fingerprint density at radius 1 is 1.42 bits per heavy atom. The van der Waals surface area contributed by atoms with Gasteiger partial charge in [0.1, 0.15) is 6.54 Å². The highest BCUT2D eigenvalue weighted by Crippen LogP contribution is 2.20. The van der Waals surface area contributed by atoms with Crippen molar-refractivity contribution in [2.24, 2.45) is 0 Å². The Hall–Kier alpha value is -2.35. The van der Waals surface area contributed by atoms with Gasteiger partial charge in [0, 0.05) is 13.0 Å². The summed E-state index contributed by atoms with van der Waals surface area (Å²) in [6.07, 6.45) is 3.41. The number of carbonyl (C=O) groups excluding carboxylic acids is 1. The molecule has 0 bridgehead atoms. The van der Waals surface area contributed by atoms with Crippen LogP contribution in [-0.2, 0) is 27.8 Å². The number of hydrogen-bond acceptors (Lipinski definition) is 4. The number of benzene rings is 1. The molecular formula is C16H20N4O3S. The third kappa shape index (κ3) is 3.43. The number of aromatic nitrogens is 2. The number of imidazole rings is 1. The lowest BCUT2D eigenvalue weighted by Gasteiger charge is -2.29. The Kier molecular flexibility index (Phi) is 4.31. The van der Waals surface area contributed by atoms with Crippen LogP contribution in [0.25, 0.3) is 0 Å². The maximum Gasteiger partial charge on any atom is 0.243 e. The van der Waals surface area contributed by atoms with Crippen LogP contribution in [0.5, 0.6) is 0 Å². The van der Waals surface area contributed by atoms with Gasteiger partial charge in [0.15, 0.2) is 0 Å². The van der Waals surface area contributed by atoms with E-state index in [1.807, 2.05) is 13.0 Å². The smallest absolute Gasteiger partial charge is 0.243 e. The molecule has 0 unspecified atom stereocenters. The number of aromatic amines is 1. The van der Waals surface area contributed by atoms with Crippen molar-refractivity contribution in [1.82, 2.24) is 14.9 Å². The molecule has 0 saturated carbocycles. The molecule has 0 aliphatic carbocycles. The number of carbonyl (C=O) groups is 1. The van der Waals surface area contributed by atoms with Gasteiger partial charge in [-0.1, -0.05) is 12.1 Å². The molecule has 0 saturated heterocycles. The number of anilines is 1. The molecule has 1 aliphatic heterocycles. The Balaban J connectivity index is 1.80. The number of fused-ring (bicyclic) bond motifs is 1. The topological polar surface area (TPSA) is 86.4 Å². The molecule has 1 N–H and O–H groups in total. The number of nitrogens with zero attached hydrogens (tertiary/aromatic N) is 3. The van der Waals surface area contributed by atoms with E-state index in [9.17, 15) is 13.2 Å². The number of amides is 1. The summed E-state index contributed by atoms with van der Waals surface area (Å²) in [5, 5.41) is 0. The molecule has 24 heavy (non-hydrogen) atoms. The van der Waals surface area contributed by atoms with Gasteiger partial charge < -0.3 is 9.88 Å². The molecular weight excluding hydrogens is 328 g/mol. The largest absolute Gasteiger partial charge is 0.347 e. The third-order valence-corrected chi connectivity index (χ3v) is 5.24. The van der Waals surface area contributed by atoms with Crippen molar-refractivity contribution in [2.45, 2.75) is 19.9 Å². The van der Waals surface area contributed by atoms with Crippen LogP contribution in [0.1, 0.15) is 17.0 Å². The first-order chi connectivity index (χ1) is 11.3. The Morgan fingerprint density at radius 3 is 2.92 bits per heavy atom. The van der Waals surface area contributed by atoms with Gasteiger partial charge in [-0.05, 0) is 24.6 Å². The van der Waals surface area contributed by atoms with Gasteiger partial charge in [0.05, 0.1) is 36.2 Å². The minimum Gasteiger partial charge on any atom is -0.347 e. The zero-order valence-corrected chi connectivity index (χ0v) is 14.5. The average Bonchev–Trinajstić information content (AvgIpc) is 2.98. The summed E-state index contributed by atoms with van der Waals surface area (Å²) in [6, 6.07) is 7.13. The first kappa shape index (κ1) is 16.5. The van der Waals surface area contributed by atoms with Gasteiger partial charge >= 0.3 is 0 Å². The summed E-state index contributed by atoms with van der Waals surface area (Å²) in [5.74, 6) is -0.220. The standard InChI is InChI=1S/C16H20N4O3S/c1-12-4-3-5-13(8-12)20(24(2,22)23)10-16(21)19-7-6-14-15(9-19)18-11-17-14/h3-5,8,11H,6-7,9-10H2,1-2H3,(H,17,18). The molecule has 7 nitrogen and oxygen atoms in total. The van der Waals surface area contributed by atoms with E-state index >= 15 is 0 Å². The minimum atomic E-state index is -3.55. The molecule has 2 aromatic rings. The highest BCUT2D eigenvalue weighted by molar-refractivity contribution is 7.92. The lowest BCUT2D eigenvalue weighted by molar-refractivity contribution is -0.130.